The van der Waals surface area contributed by atoms with Gasteiger partial charge in [-0.2, -0.15) is 13.2 Å². The lowest BCUT2D eigenvalue weighted by Gasteiger charge is -2.43. The van der Waals surface area contributed by atoms with Gasteiger partial charge < -0.3 is 19.4 Å². The lowest BCUT2D eigenvalue weighted by molar-refractivity contribution is -0.138. The van der Waals surface area contributed by atoms with Crippen molar-refractivity contribution in [3.63, 3.8) is 0 Å². The molecule has 2 aromatic rings. The van der Waals surface area contributed by atoms with Gasteiger partial charge >= 0.3 is 6.18 Å². The van der Waals surface area contributed by atoms with Crippen molar-refractivity contribution in [1.82, 2.24) is 14.7 Å². The Bertz CT molecular complexity index is 1050. The average molecular weight is 504 g/mol. The minimum atomic E-state index is -4.63. The molecule has 2 saturated heterocycles. The number of amides is 2. The second-order valence-electron chi connectivity index (χ2n) is 9.84. The molecule has 0 aliphatic carbocycles. The third-order valence-electron chi connectivity index (χ3n) is 7.08. The van der Waals surface area contributed by atoms with Crippen LogP contribution in [-0.2, 0) is 11.0 Å². The molecule has 0 N–H and O–H groups in total. The SMILES string of the molecule is CN1CCN(C(=O)C[C@]2(COc3ccccc3)CCCN(C(=O)c3ccccc3C(F)(F)F)C2)CC1. The predicted molar refractivity (Wildman–Crippen MR) is 130 cm³/mol. The molecule has 0 spiro atoms. The predicted octanol–water partition coefficient (Wildman–Crippen LogP) is 4.17. The van der Waals surface area contributed by atoms with Crippen molar-refractivity contribution in [2.45, 2.75) is 25.4 Å². The number of alkyl halides is 3. The standard InChI is InChI=1S/C27H32F3N3O3/c1-31-14-16-32(17-15-31)24(34)18-26(20-36-21-8-3-2-4-9-21)12-7-13-33(19-26)25(35)22-10-5-6-11-23(22)27(28,29)30/h2-6,8-11H,7,12-20H2,1H3/t26-/m1/s1. The largest absolute Gasteiger partial charge is 0.493 e. The highest BCUT2D eigenvalue weighted by atomic mass is 19.4. The molecule has 4 rings (SSSR count). The number of piperazine rings is 1. The molecule has 1 atom stereocenters. The Morgan fingerprint density at radius 3 is 2.28 bits per heavy atom. The molecule has 0 unspecified atom stereocenters. The molecule has 2 aliphatic heterocycles. The van der Waals surface area contributed by atoms with Gasteiger partial charge in [-0.1, -0.05) is 30.3 Å². The van der Waals surface area contributed by atoms with Gasteiger partial charge in [-0.25, -0.2) is 0 Å². The Morgan fingerprint density at radius 1 is 0.917 bits per heavy atom. The van der Waals surface area contributed by atoms with E-state index < -0.39 is 23.1 Å². The summed E-state index contributed by atoms with van der Waals surface area (Å²) in [6.07, 6.45) is -3.24. The molecular formula is C27H32F3N3O3. The first kappa shape index (κ1) is 26.0. The zero-order valence-corrected chi connectivity index (χ0v) is 20.5. The van der Waals surface area contributed by atoms with E-state index >= 15 is 0 Å². The third kappa shape index (κ3) is 6.19. The molecule has 9 heteroatoms. The van der Waals surface area contributed by atoms with Crippen molar-refractivity contribution in [3.05, 3.63) is 65.7 Å². The topological polar surface area (TPSA) is 53.1 Å². The van der Waals surface area contributed by atoms with Crippen molar-refractivity contribution in [3.8, 4) is 5.75 Å². The van der Waals surface area contributed by atoms with Crippen LogP contribution in [0.4, 0.5) is 13.2 Å². The van der Waals surface area contributed by atoms with Gasteiger partial charge in [0.25, 0.3) is 5.91 Å². The number of carbonyl (C=O) groups is 2. The van der Waals surface area contributed by atoms with E-state index in [-0.39, 0.29) is 31.0 Å². The maximum Gasteiger partial charge on any atom is 0.417 e. The second-order valence-corrected chi connectivity index (χ2v) is 9.84. The third-order valence-corrected chi connectivity index (χ3v) is 7.08. The molecular weight excluding hydrogens is 471 g/mol. The van der Waals surface area contributed by atoms with Crippen LogP contribution in [0.15, 0.2) is 54.6 Å². The number of carbonyl (C=O) groups excluding carboxylic acids is 2. The lowest BCUT2D eigenvalue weighted by Crippen LogP contribution is -2.53. The van der Waals surface area contributed by atoms with Crippen LogP contribution in [0, 0.1) is 5.41 Å². The van der Waals surface area contributed by atoms with Crippen LogP contribution in [0.2, 0.25) is 0 Å². The number of hydrogen-bond donors (Lipinski definition) is 0. The molecule has 2 aromatic carbocycles. The van der Waals surface area contributed by atoms with Gasteiger partial charge in [0.1, 0.15) is 5.75 Å². The van der Waals surface area contributed by atoms with Gasteiger partial charge in [0.15, 0.2) is 0 Å². The summed E-state index contributed by atoms with van der Waals surface area (Å²) >= 11 is 0. The molecule has 194 valence electrons. The number of rotatable bonds is 6. The smallest absolute Gasteiger partial charge is 0.417 e. The Balaban J connectivity index is 1.56. The summed E-state index contributed by atoms with van der Waals surface area (Å²) < 4.78 is 46.9. The van der Waals surface area contributed by atoms with E-state index in [1.54, 1.807) is 0 Å². The lowest BCUT2D eigenvalue weighted by atomic mass is 9.77. The number of hydrogen-bond acceptors (Lipinski definition) is 4. The minimum absolute atomic E-state index is 0.00949. The van der Waals surface area contributed by atoms with E-state index in [1.807, 2.05) is 42.3 Å². The van der Waals surface area contributed by atoms with Gasteiger partial charge in [0.2, 0.25) is 5.91 Å². The Hall–Kier alpha value is -3.07. The quantitative estimate of drug-likeness (QED) is 0.594. The van der Waals surface area contributed by atoms with Gasteiger partial charge in [-0.05, 0) is 44.2 Å². The Morgan fingerprint density at radius 2 is 1.58 bits per heavy atom. The van der Waals surface area contributed by atoms with E-state index in [0.717, 1.165) is 19.2 Å². The van der Waals surface area contributed by atoms with Gasteiger partial charge in [0.05, 0.1) is 17.7 Å². The number of likely N-dealkylation sites (N-methyl/N-ethyl adjacent to an activating group) is 1. The molecule has 2 heterocycles. The van der Waals surface area contributed by atoms with Crippen LogP contribution >= 0.6 is 0 Å². The number of piperidine rings is 1. The summed E-state index contributed by atoms with van der Waals surface area (Å²) in [5.41, 5.74) is -2.01. The zero-order chi connectivity index (χ0) is 25.8. The van der Waals surface area contributed by atoms with Crippen LogP contribution in [0.1, 0.15) is 35.2 Å². The fraction of sp³-hybridized carbons (Fsp3) is 0.481. The summed E-state index contributed by atoms with van der Waals surface area (Å²) in [5, 5.41) is 0. The van der Waals surface area contributed by atoms with Crippen LogP contribution in [0.3, 0.4) is 0 Å². The molecule has 0 saturated carbocycles. The highest BCUT2D eigenvalue weighted by Gasteiger charge is 2.43. The van der Waals surface area contributed by atoms with Crippen molar-refractivity contribution in [2.24, 2.45) is 5.41 Å². The van der Waals surface area contributed by atoms with Crippen LogP contribution in [-0.4, -0.2) is 79.4 Å². The fourth-order valence-corrected chi connectivity index (χ4v) is 5.02. The average Bonchev–Trinajstić information content (AvgIpc) is 2.88. The molecule has 2 amide bonds. The maximum absolute atomic E-state index is 13.6. The number of ether oxygens (including phenoxy) is 1. The van der Waals surface area contributed by atoms with E-state index in [0.29, 0.717) is 38.2 Å². The first-order chi connectivity index (χ1) is 17.2. The number of halogens is 3. The first-order valence-corrected chi connectivity index (χ1v) is 12.3. The van der Waals surface area contributed by atoms with Crippen LogP contribution in [0.5, 0.6) is 5.75 Å². The summed E-state index contributed by atoms with van der Waals surface area (Å²) in [5.74, 6) is -0.0294. The Labute approximate surface area is 209 Å². The molecule has 0 aromatic heterocycles. The van der Waals surface area contributed by atoms with Crippen molar-refractivity contribution < 1.29 is 27.5 Å². The number of likely N-dealkylation sites (tertiary alicyclic amines) is 1. The second kappa shape index (κ2) is 10.9. The van der Waals surface area contributed by atoms with E-state index in [2.05, 4.69) is 4.90 Å². The number of nitrogens with zero attached hydrogens (tertiary/aromatic N) is 3. The summed E-state index contributed by atoms with van der Waals surface area (Å²) in [6, 6.07) is 14.1. The highest BCUT2D eigenvalue weighted by Crippen LogP contribution is 2.37. The van der Waals surface area contributed by atoms with Crippen molar-refractivity contribution >= 4 is 11.8 Å². The van der Waals surface area contributed by atoms with E-state index in [1.165, 1.54) is 23.1 Å². The molecule has 2 fully saturated rings. The van der Waals surface area contributed by atoms with Crippen molar-refractivity contribution in [2.75, 3.05) is 52.9 Å². The molecule has 6 nitrogen and oxygen atoms in total. The fourth-order valence-electron chi connectivity index (χ4n) is 5.02. The molecule has 2 aliphatic rings. The minimum Gasteiger partial charge on any atom is -0.493 e. The van der Waals surface area contributed by atoms with Crippen LogP contribution < -0.4 is 4.74 Å². The van der Waals surface area contributed by atoms with E-state index in [4.69, 9.17) is 4.74 Å². The molecule has 0 radical (unpaired) electrons. The number of para-hydroxylation sites is 1. The van der Waals surface area contributed by atoms with Gasteiger partial charge in [-0.3, -0.25) is 9.59 Å². The van der Waals surface area contributed by atoms with E-state index in [9.17, 15) is 22.8 Å². The normalized spacial score (nSPS) is 21.3. The van der Waals surface area contributed by atoms with Gasteiger partial charge in [0, 0.05) is 51.1 Å². The zero-order valence-electron chi connectivity index (χ0n) is 20.5. The molecule has 36 heavy (non-hydrogen) atoms. The molecule has 0 bridgehead atoms. The number of benzene rings is 2. The first-order valence-electron chi connectivity index (χ1n) is 12.3. The monoisotopic (exact) mass is 503 g/mol. The summed E-state index contributed by atoms with van der Waals surface area (Å²) in [7, 11) is 2.01. The maximum atomic E-state index is 13.6. The summed E-state index contributed by atoms with van der Waals surface area (Å²) in [6.45, 7) is 3.53. The highest BCUT2D eigenvalue weighted by molar-refractivity contribution is 5.96. The van der Waals surface area contributed by atoms with Crippen molar-refractivity contribution in [1.29, 1.82) is 0 Å². The van der Waals surface area contributed by atoms with Crippen LogP contribution in [0.25, 0.3) is 0 Å². The van der Waals surface area contributed by atoms with Gasteiger partial charge in [-0.15, -0.1) is 0 Å². The summed E-state index contributed by atoms with van der Waals surface area (Å²) in [4.78, 5) is 32.1. The Kier molecular flexibility index (Phi) is 7.88.